The van der Waals surface area contributed by atoms with Crippen LogP contribution >= 0.6 is 0 Å². The van der Waals surface area contributed by atoms with Gasteiger partial charge < -0.3 is 0 Å². The van der Waals surface area contributed by atoms with Gasteiger partial charge in [0.2, 0.25) is 0 Å². The third-order valence-corrected chi connectivity index (χ3v) is 9.40. The SMILES string of the molecule is O=c1c2ccccc2c2cc(-c3c4ccccc4c(-c4ccc(-c5ccccc5)cc4)c4ccccc34)ccc2n1-c1ccccc1. The molecule has 1 aromatic heterocycles. The molecule has 0 aliphatic rings. The van der Waals surface area contributed by atoms with E-state index in [0.717, 1.165) is 27.5 Å². The second-order valence-corrected chi connectivity index (χ2v) is 12.0. The third-order valence-electron chi connectivity index (χ3n) is 9.40. The minimum absolute atomic E-state index is 0.00872. The molecule has 0 bridgehead atoms. The molecule has 9 rings (SSSR count). The van der Waals surface area contributed by atoms with Crippen molar-refractivity contribution in [2.45, 2.75) is 0 Å². The van der Waals surface area contributed by atoms with Crippen molar-refractivity contribution in [1.29, 1.82) is 0 Å². The highest BCUT2D eigenvalue weighted by atomic mass is 16.1. The second kappa shape index (κ2) is 11.0. The van der Waals surface area contributed by atoms with Crippen molar-refractivity contribution in [3.8, 4) is 39.1 Å². The first-order valence-electron chi connectivity index (χ1n) is 16.0. The summed E-state index contributed by atoms with van der Waals surface area (Å²) in [6, 6.07) is 61.4. The molecule has 0 unspecified atom stereocenters. The molecule has 47 heavy (non-hydrogen) atoms. The average Bonchev–Trinajstić information content (AvgIpc) is 3.15. The average molecular weight is 600 g/mol. The van der Waals surface area contributed by atoms with Crippen molar-refractivity contribution in [1.82, 2.24) is 4.57 Å². The van der Waals surface area contributed by atoms with E-state index < -0.39 is 0 Å². The van der Waals surface area contributed by atoms with Gasteiger partial charge in [0.05, 0.1) is 5.52 Å². The van der Waals surface area contributed by atoms with Crippen LogP contribution < -0.4 is 5.56 Å². The number of aromatic nitrogens is 1. The van der Waals surface area contributed by atoms with Gasteiger partial charge in [0.1, 0.15) is 0 Å². The van der Waals surface area contributed by atoms with Gasteiger partial charge in [-0.1, -0.05) is 146 Å². The van der Waals surface area contributed by atoms with Gasteiger partial charge in [-0.3, -0.25) is 9.36 Å². The molecule has 220 valence electrons. The lowest BCUT2D eigenvalue weighted by Crippen LogP contribution is -2.19. The topological polar surface area (TPSA) is 22.0 Å². The molecule has 8 aromatic carbocycles. The number of rotatable bonds is 4. The molecule has 1 heterocycles. The van der Waals surface area contributed by atoms with Crippen LogP contribution in [0.1, 0.15) is 0 Å². The Bertz CT molecular complexity index is 2610. The molecule has 0 atom stereocenters. The third kappa shape index (κ3) is 4.38. The van der Waals surface area contributed by atoms with Crippen molar-refractivity contribution in [3.05, 3.63) is 186 Å². The van der Waals surface area contributed by atoms with Crippen LogP contribution in [-0.2, 0) is 0 Å². The number of nitrogens with zero attached hydrogens (tertiary/aromatic N) is 1. The highest BCUT2D eigenvalue weighted by molar-refractivity contribution is 6.22. The maximum absolute atomic E-state index is 13.9. The molecule has 0 radical (unpaired) electrons. The van der Waals surface area contributed by atoms with E-state index in [1.165, 1.54) is 49.4 Å². The molecule has 2 nitrogen and oxygen atoms in total. The molecule has 0 aliphatic carbocycles. The normalized spacial score (nSPS) is 11.5. The minimum atomic E-state index is -0.00872. The Morgan fingerprint density at radius 3 is 1.34 bits per heavy atom. The molecule has 9 aromatic rings. The van der Waals surface area contributed by atoms with Crippen LogP contribution in [0.5, 0.6) is 0 Å². The Morgan fingerprint density at radius 1 is 0.319 bits per heavy atom. The van der Waals surface area contributed by atoms with Crippen molar-refractivity contribution in [2.24, 2.45) is 0 Å². The summed E-state index contributed by atoms with van der Waals surface area (Å²) < 4.78 is 1.85. The molecule has 2 heteroatoms. The summed E-state index contributed by atoms with van der Waals surface area (Å²) in [6.45, 7) is 0. The summed E-state index contributed by atoms with van der Waals surface area (Å²) in [5.74, 6) is 0. The predicted molar refractivity (Wildman–Crippen MR) is 198 cm³/mol. The number of hydrogen-bond donors (Lipinski definition) is 0. The van der Waals surface area contributed by atoms with E-state index in [4.69, 9.17) is 0 Å². The van der Waals surface area contributed by atoms with E-state index in [0.29, 0.717) is 5.39 Å². The first kappa shape index (κ1) is 27.1. The molecule has 0 N–H and O–H groups in total. The van der Waals surface area contributed by atoms with E-state index in [9.17, 15) is 4.79 Å². The van der Waals surface area contributed by atoms with Crippen LogP contribution in [0.2, 0.25) is 0 Å². The lowest BCUT2D eigenvalue weighted by molar-refractivity contribution is 1.06. The standard InChI is InChI=1S/C45H29NO/c47-45-40-22-12-7-17-35(40)41-29-33(27-28-42(41)46(45)34-15-5-2-6-16-34)44-38-20-10-8-18-36(38)43(37-19-9-11-21-39(37)44)32-25-23-31(24-26-32)30-13-3-1-4-14-30/h1-29H. The van der Waals surface area contributed by atoms with Crippen LogP contribution in [0.15, 0.2) is 181 Å². The zero-order chi connectivity index (χ0) is 31.3. The first-order chi connectivity index (χ1) is 23.3. The Morgan fingerprint density at radius 2 is 0.745 bits per heavy atom. The zero-order valence-corrected chi connectivity index (χ0v) is 25.6. The number of fused-ring (bicyclic) bond motifs is 5. The lowest BCUT2D eigenvalue weighted by Gasteiger charge is -2.19. The maximum atomic E-state index is 13.9. The predicted octanol–water partition coefficient (Wildman–Crippen LogP) is 11.5. The summed E-state index contributed by atoms with van der Waals surface area (Å²) >= 11 is 0. The van der Waals surface area contributed by atoms with Gasteiger partial charge in [-0.05, 0) is 90.6 Å². The molecular formula is C45H29NO. The van der Waals surface area contributed by atoms with E-state index in [2.05, 4.69) is 127 Å². The zero-order valence-electron chi connectivity index (χ0n) is 25.6. The number of pyridine rings is 1. The first-order valence-corrected chi connectivity index (χ1v) is 16.0. The molecule has 0 saturated carbocycles. The molecule has 0 fully saturated rings. The number of benzene rings is 8. The van der Waals surface area contributed by atoms with E-state index in [1.54, 1.807) is 0 Å². The fourth-order valence-corrected chi connectivity index (χ4v) is 7.28. The Kier molecular flexibility index (Phi) is 6.33. The van der Waals surface area contributed by atoms with Gasteiger partial charge in [-0.2, -0.15) is 0 Å². The Balaban J connectivity index is 1.32. The Labute approximate surface area is 272 Å². The van der Waals surface area contributed by atoms with E-state index in [1.807, 2.05) is 53.1 Å². The minimum Gasteiger partial charge on any atom is -0.276 e. The van der Waals surface area contributed by atoms with Crippen LogP contribution in [0.3, 0.4) is 0 Å². The second-order valence-electron chi connectivity index (χ2n) is 12.0. The van der Waals surface area contributed by atoms with Crippen molar-refractivity contribution in [3.63, 3.8) is 0 Å². The highest BCUT2D eigenvalue weighted by Crippen LogP contribution is 2.44. The van der Waals surface area contributed by atoms with Crippen LogP contribution in [0.25, 0.3) is 82.3 Å². The van der Waals surface area contributed by atoms with Gasteiger partial charge >= 0.3 is 0 Å². The quantitative estimate of drug-likeness (QED) is 0.146. The van der Waals surface area contributed by atoms with Gasteiger partial charge in [0.25, 0.3) is 5.56 Å². The summed E-state index contributed by atoms with van der Waals surface area (Å²) in [6.07, 6.45) is 0. The fourth-order valence-electron chi connectivity index (χ4n) is 7.28. The van der Waals surface area contributed by atoms with Crippen LogP contribution in [-0.4, -0.2) is 4.57 Å². The van der Waals surface area contributed by atoms with Gasteiger partial charge in [0, 0.05) is 16.5 Å². The van der Waals surface area contributed by atoms with Crippen molar-refractivity contribution < 1.29 is 0 Å². The van der Waals surface area contributed by atoms with E-state index >= 15 is 0 Å². The summed E-state index contributed by atoms with van der Waals surface area (Å²) in [5.41, 5.74) is 8.92. The maximum Gasteiger partial charge on any atom is 0.263 e. The fraction of sp³-hybridized carbons (Fsp3) is 0. The van der Waals surface area contributed by atoms with Crippen molar-refractivity contribution >= 4 is 43.2 Å². The monoisotopic (exact) mass is 599 g/mol. The number of hydrogen-bond acceptors (Lipinski definition) is 1. The summed E-state index contributed by atoms with van der Waals surface area (Å²) in [4.78, 5) is 13.9. The summed E-state index contributed by atoms with van der Waals surface area (Å²) in [7, 11) is 0. The van der Waals surface area contributed by atoms with Gasteiger partial charge in [-0.15, -0.1) is 0 Å². The van der Waals surface area contributed by atoms with Crippen LogP contribution in [0, 0.1) is 0 Å². The highest BCUT2D eigenvalue weighted by Gasteiger charge is 2.18. The molecule has 0 aliphatic heterocycles. The van der Waals surface area contributed by atoms with Crippen molar-refractivity contribution in [2.75, 3.05) is 0 Å². The largest absolute Gasteiger partial charge is 0.276 e. The van der Waals surface area contributed by atoms with Gasteiger partial charge in [0.15, 0.2) is 0 Å². The number of para-hydroxylation sites is 1. The van der Waals surface area contributed by atoms with Crippen LogP contribution in [0.4, 0.5) is 0 Å². The molecular weight excluding hydrogens is 571 g/mol. The van der Waals surface area contributed by atoms with Gasteiger partial charge in [-0.25, -0.2) is 0 Å². The summed E-state index contributed by atoms with van der Waals surface area (Å²) in [5, 5.41) is 7.56. The smallest absolute Gasteiger partial charge is 0.263 e. The molecule has 0 spiro atoms. The molecule has 0 amide bonds. The van der Waals surface area contributed by atoms with E-state index in [-0.39, 0.29) is 5.56 Å². The molecule has 0 saturated heterocycles. The lowest BCUT2D eigenvalue weighted by atomic mass is 9.85. The Hall–Kier alpha value is -6.25.